The van der Waals surface area contributed by atoms with E-state index in [1.807, 2.05) is 5.32 Å². The van der Waals surface area contributed by atoms with Crippen LogP contribution < -0.4 is 5.32 Å². The fourth-order valence-electron chi connectivity index (χ4n) is 3.90. The first-order chi connectivity index (χ1) is 17.3. The van der Waals surface area contributed by atoms with Crippen LogP contribution in [0.2, 0.25) is 0 Å². The van der Waals surface area contributed by atoms with Crippen LogP contribution in [0, 0.1) is 0 Å². The third kappa shape index (κ3) is 33.2. The Hall–Kier alpha value is -0.780. The van der Waals surface area contributed by atoms with Crippen LogP contribution in [0.5, 0.6) is 0 Å². The van der Waals surface area contributed by atoms with E-state index >= 15 is 0 Å². The van der Waals surface area contributed by atoms with E-state index in [9.17, 15) is 17.8 Å². The van der Waals surface area contributed by atoms with Crippen molar-refractivity contribution >= 4 is 16.4 Å². The third-order valence-corrected chi connectivity index (χ3v) is 6.48. The lowest BCUT2D eigenvalue weighted by Crippen LogP contribution is -2.91. The number of unbranched alkanes of at least 4 members (excludes halogenated alkanes) is 14. The van der Waals surface area contributed by atoms with Crippen molar-refractivity contribution in [2.45, 2.75) is 129 Å². The second kappa shape index (κ2) is 28.8. The average molecular weight is 542 g/mol. The van der Waals surface area contributed by atoms with Gasteiger partial charge in [0.05, 0.1) is 13.2 Å². The number of rotatable bonds is 25. The molecule has 0 aliphatic carbocycles. The van der Waals surface area contributed by atoms with Crippen LogP contribution in [-0.2, 0) is 24.1 Å². The summed E-state index contributed by atoms with van der Waals surface area (Å²) in [5.74, 6) is -0.0982. The number of ether oxygens (including phenoxy) is 1. The standard InChI is InChI=1S/C25H51NO4.CH4O4S/c1-2-3-4-5-6-7-8-9-10-11-12-13-14-15-16-17-25(29)30-23-20-26-24(18-21-27)19-22-28;1-5-6(2,3)4/h24,26-28H,2-23H2,1H3;1H3,(H,2,3,4). The molecule has 0 bridgehead atoms. The van der Waals surface area contributed by atoms with Gasteiger partial charge in [0.2, 0.25) is 10.4 Å². The predicted molar refractivity (Wildman–Crippen MR) is 141 cm³/mol. The fourth-order valence-corrected chi connectivity index (χ4v) is 3.90. The number of carbonyl (C=O) groups is 1. The van der Waals surface area contributed by atoms with Gasteiger partial charge in [-0.15, -0.1) is 0 Å². The van der Waals surface area contributed by atoms with Crippen LogP contribution in [-0.4, -0.2) is 68.7 Å². The summed E-state index contributed by atoms with van der Waals surface area (Å²) >= 11 is 0. The van der Waals surface area contributed by atoms with E-state index in [4.69, 9.17) is 14.9 Å². The van der Waals surface area contributed by atoms with Crippen molar-refractivity contribution in [1.29, 1.82) is 0 Å². The normalized spacial score (nSPS) is 11.4. The van der Waals surface area contributed by atoms with Crippen molar-refractivity contribution < 1.29 is 42.2 Å². The number of quaternary nitrogens is 1. The van der Waals surface area contributed by atoms with E-state index in [2.05, 4.69) is 11.1 Å². The van der Waals surface area contributed by atoms with Gasteiger partial charge in [-0.25, -0.2) is 8.42 Å². The Morgan fingerprint density at radius 3 is 1.56 bits per heavy atom. The van der Waals surface area contributed by atoms with E-state index in [-0.39, 0.29) is 25.2 Å². The third-order valence-electron chi connectivity index (χ3n) is 6.07. The summed E-state index contributed by atoms with van der Waals surface area (Å²) < 4.78 is 36.3. The molecule has 0 atom stereocenters. The number of hydrogen-bond acceptors (Lipinski definition) is 8. The molecule has 0 radical (unpaired) electrons. The number of esters is 1. The van der Waals surface area contributed by atoms with Gasteiger partial charge in [0, 0.05) is 32.5 Å². The summed E-state index contributed by atoms with van der Waals surface area (Å²) in [6.07, 6.45) is 21.7. The summed E-state index contributed by atoms with van der Waals surface area (Å²) in [6.45, 7) is 3.62. The van der Waals surface area contributed by atoms with Gasteiger partial charge in [-0.2, -0.15) is 0 Å². The average Bonchev–Trinajstić information content (AvgIpc) is 2.84. The number of nitrogens with two attached hydrogens (primary N) is 1. The first kappa shape index (κ1) is 37.4. The molecule has 0 aromatic carbocycles. The molecule has 0 aliphatic heterocycles. The Bertz CT molecular complexity index is 554. The molecule has 0 aliphatic rings. The second-order valence-electron chi connectivity index (χ2n) is 9.30. The smallest absolute Gasteiger partial charge is 0.305 e. The number of aliphatic hydroxyl groups excluding tert-OH is 2. The number of carbonyl (C=O) groups excluding carboxylic acids is 1. The van der Waals surface area contributed by atoms with Crippen molar-refractivity contribution in [3.8, 4) is 0 Å². The van der Waals surface area contributed by atoms with Gasteiger partial charge in [0.15, 0.2) is 0 Å². The SMILES string of the molecule is CCCCCCCCCCCCCCCCCC(=O)OCC[NH2+]C(CCO)CCO.COS(=O)(=O)[O-]. The zero-order valence-electron chi connectivity index (χ0n) is 23.0. The molecule has 0 rings (SSSR count). The van der Waals surface area contributed by atoms with Crippen molar-refractivity contribution in [3.63, 3.8) is 0 Å². The second-order valence-corrected chi connectivity index (χ2v) is 10.5. The molecule has 36 heavy (non-hydrogen) atoms. The van der Waals surface area contributed by atoms with Gasteiger partial charge in [-0.1, -0.05) is 96.8 Å². The minimum absolute atomic E-state index is 0.0982. The molecule has 4 N–H and O–H groups in total. The lowest BCUT2D eigenvalue weighted by atomic mass is 10.0. The highest BCUT2D eigenvalue weighted by molar-refractivity contribution is 7.80. The topological polar surface area (TPSA) is 150 Å². The Morgan fingerprint density at radius 2 is 1.19 bits per heavy atom. The Kier molecular flexibility index (Phi) is 29.9. The first-order valence-electron chi connectivity index (χ1n) is 14.0. The van der Waals surface area contributed by atoms with Gasteiger partial charge in [-0.05, 0) is 6.42 Å². The number of hydrogen-bond donors (Lipinski definition) is 3. The van der Waals surface area contributed by atoms with Gasteiger partial charge in [-0.3, -0.25) is 8.98 Å². The van der Waals surface area contributed by atoms with Crippen molar-refractivity contribution in [2.75, 3.05) is 33.5 Å². The molecule has 9 nitrogen and oxygen atoms in total. The highest BCUT2D eigenvalue weighted by atomic mass is 32.3. The van der Waals surface area contributed by atoms with Crippen LogP contribution in [0.25, 0.3) is 0 Å². The van der Waals surface area contributed by atoms with Crippen LogP contribution in [0.15, 0.2) is 0 Å². The summed E-state index contributed by atoms with van der Waals surface area (Å²) in [6, 6.07) is 0.203. The van der Waals surface area contributed by atoms with E-state index in [1.54, 1.807) is 0 Å². The predicted octanol–water partition coefficient (Wildman–Crippen LogP) is 3.58. The maximum Gasteiger partial charge on any atom is 0.305 e. The van der Waals surface area contributed by atoms with Crippen LogP contribution in [0.4, 0.5) is 0 Å². The van der Waals surface area contributed by atoms with Gasteiger partial charge in [0.25, 0.3) is 0 Å². The first-order valence-corrected chi connectivity index (χ1v) is 15.4. The Balaban J connectivity index is 0. The molecule has 0 heterocycles. The van der Waals surface area contributed by atoms with Crippen LogP contribution in [0.1, 0.15) is 122 Å². The maximum atomic E-state index is 11.8. The summed E-state index contributed by atoms with van der Waals surface area (Å²) in [4.78, 5) is 11.8. The molecule has 0 saturated carbocycles. The van der Waals surface area contributed by atoms with Gasteiger partial charge < -0.3 is 24.8 Å². The minimum atomic E-state index is -4.41. The molecule has 10 heteroatoms. The zero-order chi connectivity index (χ0) is 27.3. The van der Waals surface area contributed by atoms with E-state index in [1.165, 1.54) is 83.5 Å². The maximum absolute atomic E-state index is 11.8. The largest absolute Gasteiger partial charge is 0.726 e. The Morgan fingerprint density at radius 1 is 0.806 bits per heavy atom. The van der Waals surface area contributed by atoms with Crippen LogP contribution >= 0.6 is 0 Å². The molecule has 0 unspecified atom stereocenters. The van der Waals surface area contributed by atoms with Crippen molar-refractivity contribution in [1.82, 2.24) is 0 Å². The molecule has 0 aromatic heterocycles. The lowest BCUT2D eigenvalue weighted by Gasteiger charge is -2.13. The van der Waals surface area contributed by atoms with E-state index in [0.717, 1.165) is 20.0 Å². The van der Waals surface area contributed by atoms with Gasteiger partial charge in [0.1, 0.15) is 13.2 Å². The monoisotopic (exact) mass is 541 g/mol. The molecule has 218 valence electrons. The summed E-state index contributed by atoms with van der Waals surface area (Å²) in [5.41, 5.74) is 0. The zero-order valence-corrected chi connectivity index (χ0v) is 23.8. The molecule has 0 aromatic rings. The number of aliphatic hydroxyl groups is 2. The minimum Gasteiger partial charge on any atom is -0.726 e. The quantitative estimate of drug-likeness (QED) is 0.0687. The molecule has 0 spiro atoms. The van der Waals surface area contributed by atoms with Crippen molar-refractivity contribution in [2.24, 2.45) is 0 Å². The summed E-state index contributed by atoms with van der Waals surface area (Å²) in [7, 11) is -3.60. The van der Waals surface area contributed by atoms with E-state index < -0.39 is 10.4 Å². The molecule has 0 fully saturated rings. The van der Waals surface area contributed by atoms with E-state index in [0.29, 0.717) is 32.4 Å². The Labute approximate surface area is 220 Å². The molecule has 0 amide bonds. The van der Waals surface area contributed by atoms with Crippen LogP contribution in [0.3, 0.4) is 0 Å². The molecular formula is C26H55NO8S. The molecule has 0 saturated heterocycles. The van der Waals surface area contributed by atoms with Crippen molar-refractivity contribution in [3.05, 3.63) is 0 Å². The highest BCUT2D eigenvalue weighted by Crippen LogP contribution is 2.13. The summed E-state index contributed by atoms with van der Waals surface area (Å²) in [5, 5.41) is 20.0. The van der Waals surface area contributed by atoms with Gasteiger partial charge >= 0.3 is 5.97 Å². The fraction of sp³-hybridized carbons (Fsp3) is 0.962. The molecular weight excluding hydrogens is 486 g/mol. The highest BCUT2D eigenvalue weighted by Gasteiger charge is 2.10. The lowest BCUT2D eigenvalue weighted by molar-refractivity contribution is -0.691.